The van der Waals surface area contributed by atoms with Crippen LogP contribution in [0.15, 0.2) is 28.6 Å². The molecule has 1 amide bonds. The van der Waals surface area contributed by atoms with Crippen LogP contribution in [0.2, 0.25) is 0 Å². The fourth-order valence-corrected chi connectivity index (χ4v) is 4.44. The van der Waals surface area contributed by atoms with Gasteiger partial charge < -0.3 is 15.4 Å². The zero-order valence-corrected chi connectivity index (χ0v) is 16.4. The fraction of sp³-hybridized carbons (Fsp3) is 0.471. The van der Waals surface area contributed by atoms with Crippen LogP contribution in [0, 0.1) is 0 Å². The van der Waals surface area contributed by atoms with Gasteiger partial charge in [0, 0.05) is 11.7 Å². The Labute approximate surface area is 168 Å². The van der Waals surface area contributed by atoms with E-state index < -0.39 is 6.36 Å². The second kappa shape index (κ2) is 9.46. The molecule has 0 saturated heterocycles. The van der Waals surface area contributed by atoms with Gasteiger partial charge in [-0.2, -0.15) is 0 Å². The first kappa shape index (κ1) is 20.7. The topological polar surface area (TPSA) is 76.1 Å². The summed E-state index contributed by atoms with van der Waals surface area (Å²) in [6.45, 7) is 0. The third-order valence-electron chi connectivity index (χ3n) is 4.04. The zero-order chi connectivity index (χ0) is 20.0. The number of hydrogen-bond acceptors (Lipinski definition) is 7. The van der Waals surface area contributed by atoms with E-state index >= 15 is 0 Å². The minimum absolute atomic E-state index is 0.124. The summed E-state index contributed by atoms with van der Waals surface area (Å²) in [5, 5.41) is 14.9. The van der Waals surface area contributed by atoms with Crippen molar-refractivity contribution in [2.45, 2.75) is 48.8 Å². The highest BCUT2D eigenvalue weighted by atomic mass is 32.2. The maximum Gasteiger partial charge on any atom is 0.573 e. The number of nitrogens with one attached hydrogen (secondary N) is 2. The van der Waals surface area contributed by atoms with Crippen molar-refractivity contribution in [2.24, 2.45) is 0 Å². The molecular weight excluding hydrogens is 413 g/mol. The molecule has 1 aliphatic carbocycles. The zero-order valence-electron chi connectivity index (χ0n) is 14.8. The smallest absolute Gasteiger partial charge is 0.406 e. The Balaban J connectivity index is 1.43. The molecule has 2 aromatic rings. The predicted octanol–water partition coefficient (Wildman–Crippen LogP) is 4.91. The third kappa shape index (κ3) is 6.86. The van der Waals surface area contributed by atoms with Crippen LogP contribution in [0.4, 0.5) is 24.0 Å². The Morgan fingerprint density at radius 1 is 1.18 bits per heavy atom. The second-order valence-corrected chi connectivity index (χ2v) is 8.46. The van der Waals surface area contributed by atoms with Crippen molar-refractivity contribution < 1.29 is 22.7 Å². The van der Waals surface area contributed by atoms with Crippen molar-refractivity contribution in [2.75, 3.05) is 16.4 Å². The number of rotatable bonds is 7. The maximum absolute atomic E-state index is 12.1. The molecule has 0 spiro atoms. The molecule has 1 aliphatic rings. The Morgan fingerprint density at radius 2 is 1.89 bits per heavy atom. The molecule has 1 aromatic heterocycles. The minimum Gasteiger partial charge on any atom is -0.406 e. The molecule has 1 saturated carbocycles. The summed E-state index contributed by atoms with van der Waals surface area (Å²) in [5.41, 5.74) is 0.386. The lowest BCUT2D eigenvalue weighted by Crippen LogP contribution is -2.21. The average Bonchev–Trinajstić information content (AvgIpc) is 3.09. The van der Waals surface area contributed by atoms with E-state index in [0.29, 0.717) is 16.1 Å². The summed E-state index contributed by atoms with van der Waals surface area (Å²) in [4.78, 5) is 12.0. The van der Waals surface area contributed by atoms with Gasteiger partial charge in [-0.1, -0.05) is 42.4 Å². The first-order chi connectivity index (χ1) is 13.4. The molecule has 1 heterocycles. The van der Waals surface area contributed by atoms with Crippen molar-refractivity contribution in [3.05, 3.63) is 24.3 Å². The van der Waals surface area contributed by atoms with Crippen LogP contribution < -0.4 is 15.4 Å². The van der Waals surface area contributed by atoms with E-state index in [4.69, 9.17) is 0 Å². The monoisotopic (exact) mass is 432 g/mol. The molecule has 3 rings (SSSR count). The highest BCUT2D eigenvalue weighted by Gasteiger charge is 2.31. The Kier molecular flexibility index (Phi) is 7.00. The molecule has 1 aromatic carbocycles. The van der Waals surface area contributed by atoms with E-state index in [1.165, 1.54) is 54.5 Å². The van der Waals surface area contributed by atoms with Gasteiger partial charge in [0.25, 0.3) is 0 Å². The van der Waals surface area contributed by atoms with Gasteiger partial charge in [-0.25, -0.2) is 0 Å². The molecule has 0 radical (unpaired) electrons. The van der Waals surface area contributed by atoms with E-state index in [1.807, 2.05) is 0 Å². The first-order valence-electron chi connectivity index (χ1n) is 8.76. The van der Waals surface area contributed by atoms with Gasteiger partial charge >= 0.3 is 6.36 Å². The number of carbonyl (C=O) groups excluding carboxylic acids is 1. The van der Waals surface area contributed by atoms with Crippen LogP contribution in [-0.4, -0.2) is 34.3 Å². The lowest BCUT2D eigenvalue weighted by Gasteiger charge is -2.21. The van der Waals surface area contributed by atoms with Gasteiger partial charge in [0.1, 0.15) is 5.75 Å². The number of ether oxygens (including phenoxy) is 1. The lowest BCUT2D eigenvalue weighted by atomic mass is 9.96. The van der Waals surface area contributed by atoms with Crippen molar-refractivity contribution in [1.82, 2.24) is 10.2 Å². The molecule has 11 heteroatoms. The van der Waals surface area contributed by atoms with Gasteiger partial charge in [-0.15, -0.1) is 23.4 Å². The van der Waals surface area contributed by atoms with Gasteiger partial charge in [-0.05, 0) is 37.1 Å². The van der Waals surface area contributed by atoms with Gasteiger partial charge in [0.2, 0.25) is 11.0 Å². The van der Waals surface area contributed by atoms with Crippen LogP contribution in [0.5, 0.6) is 5.75 Å². The highest BCUT2D eigenvalue weighted by molar-refractivity contribution is 8.01. The Morgan fingerprint density at radius 3 is 2.57 bits per heavy atom. The molecule has 0 aliphatic heterocycles. The number of amides is 1. The minimum atomic E-state index is -4.74. The average molecular weight is 432 g/mol. The quantitative estimate of drug-likeness (QED) is 0.606. The summed E-state index contributed by atoms with van der Waals surface area (Å²) >= 11 is 2.67. The largest absolute Gasteiger partial charge is 0.573 e. The van der Waals surface area contributed by atoms with Crippen molar-refractivity contribution >= 4 is 39.8 Å². The van der Waals surface area contributed by atoms with Crippen LogP contribution in [0.1, 0.15) is 32.1 Å². The third-order valence-corrected chi connectivity index (χ3v) is 6.03. The molecule has 0 unspecified atom stereocenters. The summed E-state index contributed by atoms with van der Waals surface area (Å²) in [6, 6.07) is 5.42. The molecule has 6 nitrogen and oxygen atoms in total. The van der Waals surface area contributed by atoms with Crippen molar-refractivity contribution in [3.8, 4) is 5.75 Å². The van der Waals surface area contributed by atoms with Crippen molar-refractivity contribution in [3.63, 3.8) is 0 Å². The normalized spacial score (nSPS) is 15.2. The molecule has 2 N–H and O–H groups in total. The highest BCUT2D eigenvalue weighted by Crippen LogP contribution is 2.29. The van der Waals surface area contributed by atoms with Crippen LogP contribution in [0.25, 0.3) is 0 Å². The number of alkyl halides is 3. The summed E-state index contributed by atoms with van der Waals surface area (Å²) < 4.78 is 40.9. The number of thioether (sulfide) groups is 1. The van der Waals surface area contributed by atoms with Gasteiger partial charge in [-0.3, -0.25) is 4.79 Å². The maximum atomic E-state index is 12.1. The molecule has 28 heavy (non-hydrogen) atoms. The van der Waals surface area contributed by atoms with Gasteiger partial charge in [0.15, 0.2) is 4.34 Å². The predicted molar refractivity (Wildman–Crippen MR) is 103 cm³/mol. The van der Waals surface area contributed by atoms with Crippen LogP contribution >= 0.6 is 23.1 Å². The summed E-state index contributed by atoms with van der Waals surface area (Å²) in [6.07, 6.45) is 1.26. The molecule has 0 bridgehead atoms. The summed E-state index contributed by atoms with van der Waals surface area (Å²) in [7, 11) is 0. The second-order valence-electron chi connectivity index (χ2n) is 6.26. The Bertz CT molecular complexity index is 777. The van der Waals surface area contributed by atoms with E-state index in [9.17, 15) is 18.0 Å². The number of aromatic nitrogens is 2. The van der Waals surface area contributed by atoms with E-state index in [-0.39, 0.29) is 17.4 Å². The number of benzene rings is 1. The van der Waals surface area contributed by atoms with E-state index in [0.717, 1.165) is 30.1 Å². The fourth-order valence-electron chi connectivity index (χ4n) is 2.81. The molecule has 0 atom stereocenters. The molecular formula is C17H19F3N4O2S2. The number of hydrogen-bond donors (Lipinski definition) is 2. The van der Waals surface area contributed by atoms with E-state index in [1.54, 1.807) is 0 Å². The Hall–Kier alpha value is -2.01. The number of carbonyl (C=O) groups is 1. The molecule has 1 fully saturated rings. The lowest BCUT2D eigenvalue weighted by molar-refractivity contribution is -0.274. The SMILES string of the molecule is O=C(CSc1nnc(NC2CCCCC2)s1)Nc1ccc(OC(F)(F)F)cc1. The van der Waals surface area contributed by atoms with Gasteiger partial charge in [0.05, 0.1) is 5.75 Å². The van der Waals surface area contributed by atoms with Crippen molar-refractivity contribution in [1.29, 1.82) is 0 Å². The number of anilines is 2. The van der Waals surface area contributed by atoms with Crippen LogP contribution in [0.3, 0.4) is 0 Å². The molecule has 152 valence electrons. The standard InChI is InChI=1S/C17H19F3N4O2S2/c18-17(19,20)26-13-8-6-12(7-9-13)21-14(25)10-27-16-24-23-15(28-16)22-11-4-2-1-3-5-11/h6-9,11H,1-5,10H2,(H,21,25)(H,22,23). The van der Waals surface area contributed by atoms with E-state index in [2.05, 4.69) is 25.6 Å². The summed E-state index contributed by atoms with van der Waals surface area (Å²) in [5.74, 6) is -0.503. The number of halogens is 3. The number of nitrogens with zero attached hydrogens (tertiary/aromatic N) is 2. The first-order valence-corrected chi connectivity index (χ1v) is 10.6. The van der Waals surface area contributed by atoms with Crippen LogP contribution in [-0.2, 0) is 4.79 Å².